The van der Waals surface area contributed by atoms with Gasteiger partial charge in [-0.15, -0.1) is 0 Å². The van der Waals surface area contributed by atoms with Crippen molar-refractivity contribution in [1.82, 2.24) is 9.88 Å². The van der Waals surface area contributed by atoms with Crippen LogP contribution in [0, 0.1) is 0 Å². The van der Waals surface area contributed by atoms with E-state index >= 15 is 0 Å². The minimum Gasteiger partial charge on any atom is -0.491 e. The monoisotopic (exact) mass is 354 g/mol. The molecule has 0 saturated carbocycles. The zero-order valence-corrected chi connectivity index (χ0v) is 14.9. The topological polar surface area (TPSA) is 73.5 Å². The number of rotatable bonds is 7. The number of amides is 1. The molecule has 0 atom stereocenters. The van der Waals surface area contributed by atoms with E-state index in [2.05, 4.69) is 5.32 Å². The summed E-state index contributed by atoms with van der Waals surface area (Å²) >= 11 is 0. The summed E-state index contributed by atoms with van der Waals surface area (Å²) in [5.74, 6) is 0.241. The normalized spacial score (nSPS) is 11.0. The van der Waals surface area contributed by atoms with E-state index in [1.807, 2.05) is 44.2 Å². The second-order valence-corrected chi connectivity index (χ2v) is 6.32. The van der Waals surface area contributed by atoms with Crippen molar-refractivity contribution in [2.24, 2.45) is 0 Å². The highest BCUT2D eigenvalue weighted by atomic mass is 16.5. The predicted octanol–water partition coefficient (Wildman–Crippen LogP) is 3.09. The number of benzene rings is 2. The minimum atomic E-state index is -0.445. The summed E-state index contributed by atoms with van der Waals surface area (Å²) in [5.41, 5.74) is 2.22. The first-order chi connectivity index (χ1) is 12.5. The van der Waals surface area contributed by atoms with Crippen LogP contribution in [0.4, 0.5) is 0 Å². The molecule has 0 aliphatic rings. The molecule has 1 heterocycles. The summed E-state index contributed by atoms with van der Waals surface area (Å²) in [7, 11) is 0. The number of nitrogens with one attached hydrogen (secondary N) is 1. The number of hydrogen-bond donors (Lipinski definition) is 1. The van der Waals surface area contributed by atoms with Crippen LogP contribution >= 0.6 is 0 Å². The third-order valence-electron chi connectivity index (χ3n) is 3.92. The summed E-state index contributed by atoms with van der Waals surface area (Å²) in [4.78, 5) is 24.0. The van der Waals surface area contributed by atoms with E-state index in [4.69, 9.17) is 9.15 Å². The minimum absolute atomic E-state index is 0.121. The fourth-order valence-corrected chi connectivity index (χ4v) is 2.69. The van der Waals surface area contributed by atoms with Crippen LogP contribution in [0.2, 0.25) is 0 Å². The zero-order valence-electron chi connectivity index (χ0n) is 14.9. The van der Waals surface area contributed by atoms with Gasteiger partial charge in [0.1, 0.15) is 5.75 Å². The first kappa shape index (κ1) is 17.8. The molecule has 0 fully saturated rings. The maximum atomic E-state index is 12.1. The lowest BCUT2D eigenvalue weighted by molar-refractivity contribution is -0.121. The van der Waals surface area contributed by atoms with E-state index in [1.54, 1.807) is 18.2 Å². The van der Waals surface area contributed by atoms with Crippen LogP contribution in [0.25, 0.3) is 11.1 Å². The fraction of sp³-hybridized carbons (Fsp3) is 0.300. The smallest absolute Gasteiger partial charge is 0.419 e. The first-order valence-electron chi connectivity index (χ1n) is 8.63. The molecule has 3 aromatic rings. The number of ether oxygens (including phenoxy) is 1. The van der Waals surface area contributed by atoms with Crippen molar-refractivity contribution in [3.63, 3.8) is 0 Å². The van der Waals surface area contributed by atoms with Gasteiger partial charge in [-0.1, -0.05) is 24.3 Å². The lowest BCUT2D eigenvalue weighted by Crippen LogP contribution is -2.25. The van der Waals surface area contributed by atoms with Gasteiger partial charge in [0, 0.05) is 19.5 Å². The summed E-state index contributed by atoms with van der Waals surface area (Å²) in [6, 6.07) is 14.8. The highest BCUT2D eigenvalue weighted by Crippen LogP contribution is 2.14. The predicted molar refractivity (Wildman–Crippen MR) is 99.1 cm³/mol. The lowest BCUT2D eigenvalue weighted by atomic mass is 10.2. The molecule has 0 unspecified atom stereocenters. The van der Waals surface area contributed by atoms with Gasteiger partial charge in [0.2, 0.25) is 5.91 Å². The number of carbonyl (C=O) groups excluding carboxylic acids is 1. The molecular formula is C20H22N2O4. The van der Waals surface area contributed by atoms with Crippen LogP contribution < -0.4 is 15.8 Å². The number of oxazole rings is 1. The Balaban J connectivity index is 1.53. The number of carbonyl (C=O) groups is 1. The van der Waals surface area contributed by atoms with Gasteiger partial charge >= 0.3 is 5.76 Å². The van der Waals surface area contributed by atoms with Gasteiger partial charge in [0.15, 0.2) is 5.58 Å². The molecule has 26 heavy (non-hydrogen) atoms. The van der Waals surface area contributed by atoms with Crippen LogP contribution in [-0.2, 0) is 17.9 Å². The Morgan fingerprint density at radius 2 is 1.88 bits per heavy atom. The molecule has 6 nitrogen and oxygen atoms in total. The Hall–Kier alpha value is -3.02. The molecule has 6 heteroatoms. The van der Waals surface area contributed by atoms with Gasteiger partial charge in [-0.05, 0) is 43.7 Å². The van der Waals surface area contributed by atoms with Crippen molar-refractivity contribution >= 4 is 17.0 Å². The van der Waals surface area contributed by atoms with Gasteiger partial charge < -0.3 is 14.5 Å². The SMILES string of the molecule is CC(C)Oc1ccc(CNC(=O)CCn2c(=O)oc3ccccc32)cc1. The fourth-order valence-electron chi connectivity index (χ4n) is 2.69. The van der Waals surface area contributed by atoms with Gasteiger partial charge in [-0.3, -0.25) is 9.36 Å². The van der Waals surface area contributed by atoms with Crippen molar-refractivity contribution in [3.8, 4) is 5.75 Å². The van der Waals surface area contributed by atoms with E-state index in [-0.39, 0.29) is 25.0 Å². The maximum Gasteiger partial charge on any atom is 0.419 e. The largest absolute Gasteiger partial charge is 0.491 e. The second kappa shape index (κ2) is 7.91. The molecule has 0 aliphatic heterocycles. The van der Waals surface area contributed by atoms with Crippen LogP contribution in [0.5, 0.6) is 5.75 Å². The van der Waals surface area contributed by atoms with Gasteiger partial charge in [0.05, 0.1) is 11.6 Å². The van der Waals surface area contributed by atoms with Crippen molar-refractivity contribution in [1.29, 1.82) is 0 Å². The molecular weight excluding hydrogens is 332 g/mol. The quantitative estimate of drug-likeness (QED) is 0.708. The number of hydrogen-bond acceptors (Lipinski definition) is 4. The molecule has 1 N–H and O–H groups in total. The second-order valence-electron chi connectivity index (χ2n) is 6.32. The molecule has 0 radical (unpaired) electrons. The molecule has 0 saturated heterocycles. The molecule has 3 rings (SSSR count). The highest BCUT2D eigenvalue weighted by molar-refractivity contribution is 5.76. The summed E-state index contributed by atoms with van der Waals surface area (Å²) in [6.07, 6.45) is 0.334. The van der Waals surface area contributed by atoms with Crippen molar-refractivity contribution in [2.75, 3.05) is 0 Å². The number of aromatic nitrogens is 1. The van der Waals surface area contributed by atoms with Gasteiger partial charge in [0.25, 0.3) is 0 Å². The highest BCUT2D eigenvalue weighted by Gasteiger charge is 2.10. The molecule has 136 valence electrons. The van der Waals surface area contributed by atoms with E-state index in [1.165, 1.54) is 4.57 Å². The van der Waals surface area contributed by atoms with Crippen molar-refractivity contribution in [2.45, 2.75) is 39.5 Å². The maximum absolute atomic E-state index is 12.1. The number of aryl methyl sites for hydroxylation is 1. The standard InChI is InChI=1S/C20H22N2O4/c1-14(2)25-16-9-7-15(8-10-16)13-21-19(23)11-12-22-17-5-3-4-6-18(17)26-20(22)24/h3-10,14H,11-13H2,1-2H3,(H,21,23). The Labute approximate surface area is 151 Å². The number of para-hydroxylation sites is 2. The van der Waals surface area contributed by atoms with Crippen LogP contribution in [0.1, 0.15) is 25.8 Å². The lowest BCUT2D eigenvalue weighted by Gasteiger charge is -2.10. The zero-order chi connectivity index (χ0) is 18.5. The third-order valence-corrected chi connectivity index (χ3v) is 3.92. The molecule has 0 aliphatic carbocycles. The van der Waals surface area contributed by atoms with Crippen molar-refractivity contribution < 1.29 is 13.9 Å². The summed E-state index contributed by atoms with van der Waals surface area (Å²) < 4.78 is 12.2. The molecule has 1 amide bonds. The Morgan fingerprint density at radius 3 is 2.62 bits per heavy atom. The van der Waals surface area contributed by atoms with E-state index < -0.39 is 5.76 Å². The van der Waals surface area contributed by atoms with Crippen LogP contribution in [-0.4, -0.2) is 16.6 Å². The van der Waals surface area contributed by atoms with E-state index in [9.17, 15) is 9.59 Å². The van der Waals surface area contributed by atoms with Crippen molar-refractivity contribution in [3.05, 3.63) is 64.6 Å². The summed E-state index contributed by atoms with van der Waals surface area (Å²) in [6.45, 7) is 4.66. The summed E-state index contributed by atoms with van der Waals surface area (Å²) in [5, 5.41) is 2.86. The van der Waals surface area contributed by atoms with Crippen LogP contribution in [0.3, 0.4) is 0 Å². The van der Waals surface area contributed by atoms with Gasteiger partial charge in [-0.25, -0.2) is 4.79 Å². The molecule has 2 aromatic carbocycles. The first-order valence-corrected chi connectivity index (χ1v) is 8.63. The van der Waals surface area contributed by atoms with Gasteiger partial charge in [-0.2, -0.15) is 0 Å². The van der Waals surface area contributed by atoms with E-state index in [0.29, 0.717) is 17.6 Å². The number of fused-ring (bicyclic) bond motifs is 1. The average Bonchev–Trinajstić information content (AvgIpc) is 2.94. The average molecular weight is 354 g/mol. The third kappa shape index (κ3) is 4.33. The number of nitrogens with zero attached hydrogens (tertiary/aromatic N) is 1. The molecule has 1 aromatic heterocycles. The molecule has 0 bridgehead atoms. The Bertz CT molecular complexity index is 938. The van der Waals surface area contributed by atoms with Crippen LogP contribution in [0.15, 0.2) is 57.7 Å². The Kier molecular flexibility index (Phi) is 5.41. The van der Waals surface area contributed by atoms with E-state index in [0.717, 1.165) is 11.3 Å². The molecule has 0 spiro atoms. The Morgan fingerprint density at radius 1 is 1.15 bits per heavy atom.